The molecule has 1 fully saturated rings. The first-order valence-corrected chi connectivity index (χ1v) is 6.58. The van der Waals surface area contributed by atoms with Crippen LogP contribution in [0.4, 0.5) is 0 Å². The fraction of sp³-hybridized carbons (Fsp3) is 0.533. The van der Waals surface area contributed by atoms with Crippen LogP contribution in [-0.2, 0) is 0 Å². The molecule has 1 aromatic rings. The lowest BCUT2D eigenvalue weighted by Gasteiger charge is -2.26. The van der Waals surface area contributed by atoms with Crippen molar-refractivity contribution >= 4 is 0 Å². The molecule has 2 rings (SSSR count). The van der Waals surface area contributed by atoms with E-state index in [0.29, 0.717) is 29.9 Å². The van der Waals surface area contributed by atoms with Crippen LogP contribution in [0.25, 0.3) is 0 Å². The van der Waals surface area contributed by atoms with Crippen molar-refractivity contribution < 1.29 is 4.74 Å². The van der Waals surface area contributed by atoms with Crippen molar-refractivity contribution in [3.05, 3.63) is 29.3 Å². The molecule has 0 aliphatic heterocycles. The smallest absolute Gasteiger partial charge is 0.137 e. The van der Waals surface area contributed by atoms with Gasteiger partial charge < -0.3 is 10.5 Å². The predicted octanol–water partition coefficient (Wildman–Crippen LogP) is 2.76. The van der Waals surface area contributed by atoms with E-state index in [2.05, 4.69) is 6.07 Å². The lowest BCUT2D eigenvalue weighted by atomic mass is 9.87. The molecule has 0 heterocycles. The zero-order valence-electron chi connectivity index (χ0n) is 10.9. The van der Waals surface area contributed by atoms with E-state index in [-0.39, 0.29) is 0 Å². The summed E-state index contributed by atoms with van der Waals surface area (Å²) in [5.41, 5.74) is 7.60. The number of aryl methyl sites for hydroxylation is 1. The van der Waals surface area contributed by atoms with Gasteiger partial charge in [-0.15, -0.1) is 0 Å². The largest absolute Gasteiger partial charge is 0.492 e. The molecular weight excluding hydrogens is 224 g/mol. The fourth-order valence-electron chi connectivity index (χ4n) is 2.42. The molecule has 0 spiro atoms. The number of hydrogen-bond donors (Lipinski definition) is 1. The molecule has 0 saturated heterocycles. The van der Waals surface area contributed by atoms with Gasteiger partial charge in [-0.1, -0.05) is 6.07 Å². The van der Waals surface area contributed by atoms with Crippen molar-refractivity contribution in [1.82, 2.24) is 0 Å². The molecule has 3 nitrogen and oxygen atoms in total. The fourth-order valence-corrected chi connectivity index (χ4v) is 2.42. The number of nitrogens with two attached hydrogens (primary N) is 1. The summed E-state index contributed by atoms with van der Waals surface area (Å²) in [5.74, 6) is 1.29. The first-order valence-electron chi connectivity index (χ1n) is 6.58. The van der Waals surface area contributed by atoms with Gasteiger partial charge in [0.2, 0.25) is 0 Å². The molecule has 1 aromatic carbocycles. The van der Waals surface area contributed by atoms with Gasteiger partial charge in [0, 0.05) is 6.04 Å². The lowest BCUT2D eigenvalue weighted by molar-refractivity contribution is 0.200. The average Bonchev–Trinajstić information content (AvgIpc) is 2.39. The molecule has 18 heavy (non-hydrogen) atoms. The Morgan fingerprint density at radius 2 is 2.06 bits per heavy atom. The van der Waals surface area contributed by atoms with Gasteiger partial charge in [-0.3, -0.25) is 0 Å². The molecule has 3 heteroatoms. The highest BCUT2D eigenvalue weighted by Gasteiger charge is 2.19. The van der Waals surface area contributed by atoms with Crippen molar-refractivity contribution in [2.75, 3.05) is 6.61 Å². The molecule has 1 aliphatic carbocycles. The van der Waals surface area contributed by atoms with E-state index >= 15 is 0 Å². The summed E-state index contributed by atoms with van der Waals surface area (Å²) in [6.07, 6.45) is 4.45. The zero-order chi connectivity index (χ0) is 13.0. The maximum Gasteiger partial charge on any atom is 0.137 e. The van der Waals surface area contributed by atoms with Gasteiger partial charge >= 0.3 is 0 Å². The van der Waals surface area contributed by atoms with Crippen LogP contribution in [0.15, 0.2) is 18.2 Å². The molecule has 0 aromatic heterocycles. The topological polar surface area (TPSA) is 59.0 Å². The van der Waals surface area contributed by atoms with Gasteiger partial charge in [-0.25, -0.2) is 0 Å². The van der Waals surface area contributed by atoms with E-state index in [1.807, 2.05) is 25.1 Å². The van der Waals surface area contributed by atoms with E-state index in [9.17, 15) is 0 Å². The molecule has 2 N–H and O–H groups in total. The van der Waals surface area contributed by atoms with E-state index < -0.39 is 0 Å². The minimum absolute atomic E-state index is 0.371. The number of benzene rings is 1. The third kappa shape index (κ3) is 3.24. The van der Waals surface area contributed by atoms with Crippen molar-refractivity contribution in [2.45, 2.75) is 38.6 Å². The SMILES string of the molecule is Cc1ccc(OCC2CCC(N)CC2)c(C#N)c1. The Morgan fingerprint density at radius 1 is 1.33 bits per heavy atom. The van der Waals surface area contributed by atoms with Gasteiger partial charge in [-0.05, 0) is 56.2 Å². The third-order valence-corrected chi connectivity index (χ3v) is 3.62. The maximum absolute atomic E-state index is 9.07. The van der Waals surface area contributed by atoms with E-state index in [4.69, 9.17) is 15.7 Å². The Morgan fingerprint density at radius 3 is 2.72 bits per heavy atom. The second kappa shape index (κ2) is 5.88. The second-order valence-corrected chi connectivity index (χ2v) is 5.20. The monoisotopic (exact) mass is 244 g/mol. The van der Waals surface area contributed by atoms with Crippen molar-refractivity contribution in [3.8, 4) is 11.8 Å². The Hall–Kier alpha value is -1.53. The van der Waals surface area contributed by atoms with Crippen molar-refractivity contribution in [2.24, 2.45) is 11.7 Å². The van der Waals surface area contributed by atoms with Crippen LogP contribution in [0.2, 0.25) is 0 Å². The van der Waals surface area contributed by atoms with Gasteiger partial charge in [0.1, 0.15) is 11.8 Å². The van der Waals surface area contributed by atoms with Crippen LogP contribution in [-0.4, -0.2) is 12.6 Å². The maximum atomic E-state index is 9.07. The highest BCUT2D eigenvalue weighted by atomic mass is 16.5. The molecule has 0 amide bonds. The first-order chi connectivity index (χ1) is 8.69. The Balaban J connectivity index is 1.92. The number of nitrogens with zero attached hydrogens (tertiary/aromatic N) is 1. The van der Waals surface area contributed by atoms with Gasteiger partial charge in [0.15, 0.2) is 0 Å². The summed E-state index contributed by atoms with van der Waals surface area (Å²) < 4.78 is 5.79. The van der Waals surface area contributed by atoms with Gasteiger partial charge in [-0.2, -0.15) is 5.26 Å². The summed E-state index contributed by atoms with van der Waals surface area (Å²) in [5, 5.41) is 9.07. The summed E-state index contributed by atoms with van der Waals surface area (Å²) in [7, 11) is 0. The second-order valence-electron chi connectivity index (χ2n) is 5.20. The van der Waals surface area contributed by atoms with Gasteiger partial charge in [0.05, 0.1) is 12.2 Å². The van der Waals surface area contributed by atoms with E-state index in [1.165, 1.54) is 0 Å². The predicted molar refractivity (Wildman–Crippen MR) is 71.3 cm³/mol. The molecule has 1 saturated carbocycles. The molecule has 1 aliphatic rings. The molecule has 0 radical (unpaired) electrons. The van der Waals surface area contributed by atoms with Crippen molar-refractivity contribution in [1.29, 1.82) is 5.26 Å². The quantitative estimate of drug-likeness (QED) is 0.889. The minimum atomic E-state index is 0.371. The third-order valence-electron chi connectivity index (χ3n) is 3.62. The van der Waals surface area contributed by atoms with Crippen LogP contribution in [0.1, 0.15) is 36.8 Å². The highest BCUT2D eigenvalue weighted by molar-refractivity contribution is 5.45. The molecular formula is C15H20N2O. The molecule has 0 bridgehead atoms. The number of rotatable bonds is 3. The minimum Gasteiger partial charge on any atom is -0.492 e. The van der Waals surface area contributed by atoms with Crippen LogP contribution in [0.3, 0.4) is 0 Å². The molecule has 96 valence electrons. The van der Waals surface area contributed by atoms with E-state index in [0.717, 1.165) is 31.2 Å². The van der Waals surface area contributed by atoms with E-state index in [1.54, 1.807) is 0 Å². The number of hydrogen-bond acceptors (Lipinski definition) is 3. The zero-order valence-corrected chi connectivity index (χ0v) is 10.9. The summed E-state index contributed by atoms with van der Waals surface area (Å²) in [6, 6.07) is 8.29. The normalized spacial score (nSPS) is 23.4. The van der Waals surface area contributed by atoms with Crippen LogP contribution in [0, 0.1) is 24.2 Å². The molecule has 0 atom stereocenters. The van der Waals surface area contributed by atoms with Crippen molar-refractivity contribution in [3.63, 3.8) is 0 Å². The van der Waals surface area contributed by atoms with Crippen LogP contribution in [0.5, 0.6) is 5.75 Å². The lowest BCUT2D eigenvalue weighted by Crippen LogP contribution is -2.28. The Bertz CT molecular complexity index is 442. The summed E-state index contributed by atoms with van der Waals surface area (Å²) in [4.78, 5) is 0. The average molecular weight is 244 g/mol. The first kappa shape index (κ1) is 12.9. The molecule has 0 unspecified atom stereocenters. The summed E-state index contributed by atoms with van der Waals surface area (Å²) in [6.45, 7) is 2.68. The highest BCUT2D eigenvalue weighted by Crippen LogP contribution is 2.25. The number of ether oxygens (including phenoxy) is 1. The number of nitriles is 1. The summed E-state index contributed by atoms with van der Waals surface area (Å²) >= 11 is 0. The van der Waals surface area contributed by atoms with Gasteiger partial charge in [0.25, 0.3) is 0 Å². The Labute approximate surface area is 109 Å². The Kier molecular flexibility index (Phi) is 4.22. The van der Waals surface area contributed by atoms with Crippen LogP contribution < -0.4 is 10.5 Å². The standard InChI is InChI=1S/C15H20N2O/c1-11-2-7-15(13(8-11)9-16)18-10-12-3-5-14(17)6-4-12/h2,7-8,12,14H,3-6,10,17H2,1H3. The van der Waals surface area contributed by atoms with Crippen LogP contribution >= 0.6 is 0 Å².